The molecule has 13 heavy (non-hydrogen) atoms. The van der Waals surface area contributed by atoms with E-state index in [1.54, 1.807) is 12.1 Å². The van der Waals surface area contributed by atoms with Crippen molar-refractivity contribution >= 4 is 11.8 Å². The third kappa shape index (κ3) is 1.52. The van der Waals surface area contributed by atoms with Crippen LogP contribution < -0.4 is 10.6 Å². The second-order valence-electron chi connectivity index (χ2n) is 3.20. The Kier molecular flexibility index (Phi) is 1.96. The average molecular weight is 180 g/mol. The summed E-state index contributed by atoms with van der Waals surface area (Å²) in [6, 6.07) is 3.42. The summed E-state index contributed by atoms with van der Waals surface area (Å²) in [5, 5.41) is 0. The lowest BCUT2D eigenvalue weighted by molar-refractivity contribution is 0.0974. The van der Waals surface area contributed by atoms with Crippen molar-refractivity contribution in [3.05, 3.63) is 17.9 Å². The third-order valence-electron chi connectivity index (χ3n) is 2.25. The van der Waals surface area contributed by atoms with Gasteiger partial charge >= 0.3 is 0 Å². The van der Waals surface area contributed by atoms with Gasteiger partial charge in [-0.1, -0.05) is 0 Å². The van der Waals surface area contributed by atoms with Crippen LogP contribution in [0.1, 0.15) is 23.4 Å². The highest BCUT2D eigenvalue weighted by Gasteiger charge is 2.16. The number of carbonyl (C=O) groups is 1. The molecule has 70 valence electrons. The lowest BCUT2D eigenvalue weighted by Crippen LogP contribution is -2.16. The van der Waals surface area contributed by atoms with Crippen molar-refractivity contribution in [3.63, 3.8) is 0 Å². The van der Waals surface area contributed by atoms with Crippen molar-refractivity contribution in [2.75, 3.05) is 18.0 Å². The molecule has 0 bridgehead atoms. The number of hydrogen-bond acceptors (Lipinski definition) is 3. The summed E-state index contributed by atoms with van der Waals surface area (Å²) in [5.41, 5.74) is 5.07. The van der Waals surface area contributed by atoms with Crippen LogP contribution in [0.5, 0.6) is 0 Å². The molecule has 0 radical (unpaired) electrons. The molecule has 1 aromatic heterocycles. The summed E-state index contributed by atoms with van der Waals surface area (Å²) in [5.74, 6) is 0.485. The molecule has 0 aromatic carbocycles. The molecule has 1 aliphatic heterocycles. The van der Waals surface area contributed by atoms with E-state index < -0.39 is 5.91 Å². The number of hydrogen-bond donors (Lipinski definition) is 1. The van der Waals surface area contributed by atoms with Gasteiger partial charge in [0.1, 0.15) is 0 Å². The minimum atomic E-state index is -0.509. The molecule has 1 amide bonds. The van der Waals surface area contributed by atoms with Crippen molar-refractivity contribution in [1.82, 2.24) is 0 Å². The molecule has 2 N–H and O–H groups in total. The first-order chi connectivity index (χ1) is 6.27. The Labute approximate surface area is 76.3 Å². The largest absolute Gasteiger partial charge is 0.435 e. The molecule has 4 nitrogen and oxygen atoms in total. The van der Waals surface area contributed by atoms with E-state index >= 15 is 0 Å². The second kappa shape index (κ2) is 3.12. The lowest BCUT2D eigenvalue weighted by atomic mass is 10.4. The van der Waals surface area contributed by atoms with E-state index in [-0.39, 0.29) is 5.76 Å². The maximum absolute atomic E-state index is 10.7. The highest BCUT2D eigenvalue weighted by Crippen LogP contribution is 2.22. The maximum atomic E-state index is 10.7. The van der Waals surface area contributed by atoms with Crippen molar-refractivity contribution in [2.45, 2.75) is 12.8 Å². The van der Waals surface area contributed by atoms with E-state index in [1.165, 1.54) is 12.8 Å². The molecular weight excluding hydrogens is 168 g/mol. The molecule has 2 rings (SSSR count). The predicted molar refractivity (Wildman–Crippen MR) is 48.7 cm³/mol. The van der Waals surface area contributed by atoms with E-state index in [0.29, 0.717) is 0 Å². The van der Waals surface area contributed by atoms with Gasteiger partial charge in [0, 0.05) is 19.2 Å². The highest BCUT2D eigenvalue weighted by atomic mass is 16.4. The van der Waals surface area contributed by atoms with Crippen LogP contribution in [-0.2, 0) is 0 Å². The fourth-order valence-corrected chi connectivity index (χ4v) is 1.57. The molecule has 0 unspecified atom stereocenters. The van der Waals surface area contributed by atoms with Crippen LogP contribution in [0.3, 0.4) is 0 Å². The first-order valence-corrected chi connectivity index (χ1v) is 4.42. The van der Waals surface area contributed by atoms with Gasteiger partial charge in [0.05, 0.1) is 0 Å². The quantitative estimate of drug-likeness (QED) is 0.738. The number of rotatable bonds is 2. The SMILES string of the molecule is NC(=O)c1ccc(N2CCCC2)o1. The number of anilines is 1. The molecule has 1 aliphatic rings. The van der Waals surface area contributed by atoms with Gasteiger partial charge < -0.3 is 15.1 Å². The van der Waals surface area contributed by atoms with Gasteiger partial charge in [-0.15, -0.1) is 0 Å². The van der Waals surface area contributed by atoms with E-state index in [4.69, 9.17) is 10.2 Å². The van der Waals surface area contributed by atoms with Gasteiger partial charge in [0.15, 0.2) is 11.6 Å². The molecule has 1 aromatic rings. The van der Waals surface area contributed by atoms with Crippen LogP contribution in [-0.4, -0.2) is 19.0 Å². The van der Waals surface area contributed by atoms with Crippen LogP contribution in [0.25, 0.3) is 0 Å². The Balaban J connectivity index is 2.16. The van der Waals surface area contributed by atoms with Crippen molar-refractivity contribution in [3.8, 4) is 0 Å². The molecule has 0 atom stereocenters. The van der Waals surface area contributed by atoms with Gasteiger partial charge in [-0.2, -0.15) is 0 Å². The topological polar surface area (TPSA) is 59.5 Å². The zero-order chi connectivity index (χ0) is 9.26. The smallest absolute Gasteiger partial charge is 0.284 e. The molecule has 4 heteroatoms. The first kappa shape index (κ1) is 8.16. The van der Waals surface area contributed by atoms with Crippen molar-refractivity contribution in [1.29, 1.82) is 0 Å². The number of carbonyl (C=O) groups excluding carboxylic acids is 1. The number of nitrogens with zero attached hydrogens (tertiary/aromatic N) is 1. The number of primary amides is 1. The van der Waals surface area contributed by atoms with Gasteiger partial charge in [-0.3, -0.25) is 4.79 Å². The van der Waals surface area contributed by atoms with E-state index in [0.717, 1.165) is 19.0 Å². The fourth-order valence-electron chi connectivity index (χ4n) is 1.57. The van der Waals surface area contributed by atoms with Crippen LogP contribution >= 0.6 is 0 Å². The van der Waals surface area contributed by atoms with Crippen molar-refractivity contribution < 1.29 is 9.21 Å². The first-order valence-electron chi connectivity index (χ1n) is 4.42. The lowest BCUT2D eigenvalue weighted by Gasteiger charge is -2.12. The minimum Gasteiger partial charge on any atom is -0.435 e. The Hall–Kier alpha value is -1.45. The van der Waals surface area contributed by atoms with Crippen molar-refractivity contribution in [2.24, 2.45) is 5.73 Å². The summed E-state index contributed by atoms with van der Waals surface area (Å²) in [4.78, 5) is 12.9. The summed E-state index contributed by atoms with van der Waals surface area (Å²) in [6.07, 6.45) is 2.37. The Morgan fingerprint density at radius 1 is 1.38 bits per heavy atom. The number of furan rings is 1. The summed E-state index contributed by atoms with van der Waals surface area (Å²) in [7, 11) is 0. The fraction of sp³-hybridized carbons (Fsp3) is 0.444. The summed E-state index contributed by atoms with van der Waals surface area (Å²) >= 11 is 0. The molecular formula is C9H12N2O2. The van der Waals surface area contributed by atoms with Crippen LogP contribution in [0.15, 0.2) is 16.5 Å². The van der Waals surface area contributed by atoms with Gasteiger partial charge in [-0.25, -0.2) is 0 Å². The molecule has 0 aliphatic carbocycles. The zero-order valence-corrected chi connectivity index (χ0v) is 7.32. The normalized spacial score (nSPS) is 16.5. The van der Waals surface area contributed by atoms with Crippen LogP contribution in [0.4, 0.5) is 5.88 Å². The predicted octanol–water partition coefficient (Wildman–Crippen LogP) is 0.979. The Bertz CT molecular complexity index is 313. The van der Waals surface area contributed by atoms with Crippen LogP contribution in [0, 0.1) is 0 Å². The second-order valence-corrected chi connectivity index (χ2v) is 3.20. The Morgan fingerprint density at radius 2 is 2.08 bits per heavy atom. The maximum Gasteiger partial charge on any atom is 0.284 e. The van der Waals surface area contributed by atoms with Gasteiger partial charge in [-0.05, 0) is 18.9 Å². The Morgan fingerprint density at radius 3 is 2.62 bits per heavy atom. The van der Waals surface area contributed by atoms with Gasteiger partial charge in [0.25, 0.3) is 5.91 Å². The van der Waals surface area contributed by atoms with Crippen LogP contribution in [0.2, 0.25) is 0 Å². The van der Waals surface area contributed by atoms with E-state index in [2.05, 4.69) is 4.90 Å². The standard InChI is InChI=1S/C9H12N2O2/c10-9(12)7-3-4-8(13-7)11-5-1-2-6-11/h3-4H,1-2,5-6H2,(H2,10,12). The monoisotopic (exact) mass is 180 g/mol. The zero-order valence-electron chi connectivity index (χ0n) is 7.32. The molecule has 1 fully saturated rings. The van der Waals surface area contributed by atoms with Gasteiger partial charge in [0.2, 0.25) is 0 Å². The van der Waals surface area contributed by atoms with E-state index in [1.807, 2.05) is 0 Å². The number of nitrogens with two attached hydrogens (primary N) is 1. The molecule has 1 saturated heterocycles. The third-order valence-corrected chi connectivity index (χ3v) is 2.25. The van der Waals surface area contributed by atoms with E-state index in [9.17, 15) is 4.79 Å². The number of amides is 1. The average Bonchev–Trinajstić information content (AvgIpc) is 2.75. The summed E-state index contributed by atoms with van der Waals surface area (Å²) in [6.45, 7) is 2.01. The molecule has 0 saturated carbocycles. The highest BCUT2D eigenvalue weighted by molar-refractivity contribution is 5.90. The summed E-state index contributed by atoms with van der Waals surface area (Å²) < 4.78 is 5.28. The molecule has 2 heterocycles. The minimum absolute atomic E-state index is 0.238. The molecule has 0 spiro atoms.